The number of benzene rings is 2. The zero-order valence-corrected chi connectivity index (χ0v) is 17.4. The summed E-state index contributed by atoms with van der Waals surface area (Å²) in [5.41, 5.74) is 1.60. The van der Waals surface area contributed by atoms with Crippen molar-refractivity contribution in [2.24, 2.45) is 11.3 Å². The molecular formula is C24H29N3O3. The first-order chi connectivity index (χ1) is 14.6. The maximum atomic E-state index is 12.9. The van der Waals surface area contributed by atoms with Gasteiger partial charge in [-0.3, -0.25) is 9.69 Å². The second-order valence-electron chi connectivity index (χ2n) is 8.51. The largest absolute Gasteiger partial charge is 0.445 e. The van der Waals surface area contributed by atoms with Crippen LogP contribution >= 0.6 is 0 Å². The Kier molecular flexibility index (Phi) is 6.04. The molecule has 0 spiro atoms. The molecule has 158 valence electrons. The zero-order chi connectivity index (χ0) is 21.0. The van der Waals surface area contributed by atoms with Crippen LogP contribution in [0.5, 0.6) is 0 Å². The highest BCUT2D eigenvalue weighted by Crippen LogP contribution is 2.39. The lowest BCUT2D eigenvalue weighted by Crippen LogP contribution is -2.64. The van der Waals surface area contributed by atoms with Crippen molar-refractivity contribution in [3.63, 3.8) is 0 Å². The van der Waals surface area contributed by atoms with Crippen LogP contribution in [0.4, 0.5) is 4.79 Å². The molecule has 2 aliphatic rings. The Bertz CT molecular complexity index is 874. The minimum atomic E-state index is -0.601. The fraction of sp³-hybridized carbons (Fsp3) is 0.417. The van der Waals surface area contributed by atoms with Crippen LogP contribution in [0.2, 0.25) is 0 Å². The van der Waals surface area contributed by atoms with Gasteiger partial charge in [-0.15, -0.1) is 0 Å². The van der Waals surface area contributed by atoms with Crippen molar-refractivity contribution in [3.8, 4) is 0 Å². The van der Waals surface area contributed by atoms with E-state index in [0.29, 0.717) is 19.6 Å². The molecule has 0 aromatic heterocycles. The van der Waals surface area contributed by atoms with Crippen LogP contribution in [0, 0.1) is 11.3 Å². The van der Waals surface area contributed by atoms with Gasteiger partial charge in [0.2, 0.25) is 5.91 Å². The van der Waals surface area contributed by atoms with Crippen molar-refractivity contribution in [3.05, 3.63) is 71.8 Å². The Morgan fingerprint density at radius 3 is 2.33 bits per heavy atom. The Labute approximate surface area is 177 Å². The Balaban J connectivity index is 1.45. The average molecular weight is 408 g/mol. The molecular weight excluding hydrogens is 378 g/mol. The van der Waals surface area contributed by atoms with Gasteiger partial charge >= 0.3 is 6.09 Å². The average Bonchev–Trinajstić information content (AvgIpc) is 2.77. The Morgan fingerprint density at radius 2 is 1.67 bits per heavy atom. The lowest BCUT2D eigenvalue weighted by atomic mass is 9.71. The van der Waals surface area contributed by atoms with Gasteiger partial charge in [-0.2, -0.15) is 0 Å². The number of nitrogens with zero attached hydrogens (tertiary/aromatic N) is 2. The van der Waals surface area contributed by atoms with Gasteiger partial charge < -0.3 is 15.0 Å². The van der Waals surface area contributed by atoms with Gasteiger partial charge in [-0.25, -0.2) is 4.79 Å². The van der Waals surface area contributed by atoms with Crippen LogP contribution in [0.25, 0.3) is 0 Å². The quantitative estimate of drug-likeness (QED) is 0.828. The fourth-order valence-corrected chi connectivity index (χ4v) is 4.93. The molecule has 0 saturated carbocycles. The van der Waals surface area contributed by atoms with Crippen LogP contribution in [0.15, 0.2) is 60.7 Å². The van der Waals surface area contributed by atoms with Gasteiger partial charge in [-0.05, 0) is 23.5 Å². The number of ether oxygens (including phenoxy) is 1. The topological polar surface area (TPSA) is 61.9 Å². The molecule has 2 aliphatic heterocycles. The van der Waals surface area contributed by atoms with Crippen LogP contribution in [-0.4, -0.2) is 55.0 Å². The summed E-state index contributed by atoms with van der Waals surface area (Å²) in [7, 11) is 1.68. The first kappa shape index (κ1) is 20.4. The predicted molar refractivity (Wildman–Crippen MR) is 115 cm³/mol. The van der Waals surface area contributed by atoms with Crippen LogP contribution in [0.3, 0.4) is 0 Å². The van der Waals surface area contributed by atoms with E-state index in [1.807, 2.05) is 48.5 Å². The molecule has 0 aliphatic carbocycles. The number of carbonyl (C=O) groups excluding carboxylic acids is 2. The van der Waals surface area contributed by atoms with Crippen molar-refractivity contribution in [1.29, 1.82) is 0 Å². The molecule has 2 aromatic carbocycles. The first-order valence-corrected chi connectivity index (χ1v) is 10.5. The highest BCUT2D eigenvalue weighted by atomic mass is 16.6. The summed E-state index contributed by atoms with van der Waals surface area (Å²) in [6, 6.07) is 20.0. The molecule has 0 radical (unpaired) electrons. The van der Waals surface area contributed by atoms with Crippen LogP contribution in [0.1, 0.15) is 17.5 Å². The van der Waals surface area contributed by atoms with E-state index >= 15 is 0 Å². The van der Waals surface area contributed by atoms with E-state index in [1.165, 1.54) is 5.56 Å². The Hall–Kier alpha value is -2.86. The van der Waals surface area contributed by atoms with Gasteiger partial charge in [0, 0.05) is 39.8 Å². The third kappa shape index (κ3) is 4.49. The van der Waals surface area contributed by atoms with Crippen molar-refractivity contribution in [1.82, 2.24) is 15.1 Å². The maximum absolute atomic E-state index is 12.9. The van der Waals surface area contributed by atoms with E-state index in [4.69, 9.17) is 4.74 Å². The molecule has 2 bridgehead atoms. The third-order valence-electron chi connectivity index (χ3n) is 6.12. The van der Waals surface area contributed by atoms with Crippen molar-refractivity contribution < 1.29 is 14.3 Å². The highest BCUT2D eigenvalue weighted by molar-refractivity contribution is 5.84. The van der Waals surface area contributed by atoms with Crippen LogP contribution in [-0.2, 0) is 22.7 Å². The molecule has 2 atom stereocenters. The number of nitrogens with one attached hydrogen (secondary N) is 1. The van der Waals surface area contributed by atoms with Crippen molar-refractivity contribution in [2.75, 3.05) is 33.2 Å². The second kappa shape index (κ2) is 8.88. The zero-order valence-electron chi connectivity index (χ0n) is 17.4. The predicted octanol–water partition coefficient (Wildman–Crippen LogP) is 2.89. The molecule has 2 fully saturated rings. The van der Waals surface area contributed by atoms with Crippen LogP contribution < -0.4 is 5.32 Å². The summed E-state index contributed by atoms with van der Waals surface area (Å²) >= 11 is 0. The van der Waals surface area contributed by atoms with E-state index in [9.17, 15) is 9.59 Å². The summed E-state index contributed by atoms with van der Waals surface area (Å²) < 4.78 is 5.56. The standard InChI is InChI=1S/C24H29N3O3/c1-25-22(28)24-12-21(14-26(17-24)13-19-8-4-2-5-9-19)15-27(18-24)23(29)30-16-20-10-6-3-7-11-20/h2-11,21H,12-18H2,1H3,(H,25,28). The lowest BCUT2D eigenvalue weighted by Gasteiger charge is -2.51. The third-order valence-corrected chi connectivity index (χ3v) is 6.12. The van der Waals surface area contributed by atoms with Gasteiger partial charge in [0.1, 0.15) is 6.61 Å². The summed E-state index contributed by atoms with van der Waals surface area (Å²) in [6.45, 7) is 3.58. The van der Waals surface area contributed by atoms with Gasteiger partial charge in [0.25, 0.3) is 0 Å². The molecule has 2 unspecified atom stereocenters. The van der Waals surface area contributed by atoms with E-state index in [1.54, 1.807) is 11.9 Å². The minimum absolute atomic E-state index is 0.00539. The normalized spacial score (nSPS) is 23.6. The number of rotatable bonds is 5. The Morgan fingerprint density at radius 1 is 1.00 bits per heavy atom. The number of fused-ring (bicyclic) bond motifs is 2. The second-order valence-corrected chi connectivity index (χ2v) is 8.51. The number of piperidine rings is 2. The first-order valence-electron chi connectivity index (χ1n) is 10.5. The number of carbonyl (C=O) groups is 2. The molecule has 4 rings (SSSR count). The van der Waals surface area contributed by atoms with E-state index in [0.717, 1.165) is 25.1 Å². The number of amides is 2. The summed E-state index contributed by atoms with van der Waals surface area (Å²) in [5, 5.41) is 2.84. The highest BCUT2D eigenvalue weighted by Gasteiger charge is 2.51. The molecule has 1 N–H and O–H groups in total. The SMILES string of the molecule is CNC(=O)C12CC(CN(Cc3ccccc3)C1)CN(C(=O)OCc1ccccc1)C2. The molecule has 2 heterocycles. The summed E-state index contributed by atoms with van der Waals surface area (Å²) in [6.07, 6.45) is 0.466. The fourth-order valence-electron chi connectivity index (χ4n) is 4.93. The number of hydrogen-bond donors (Lipinski definition) is 1. The smallest absolute Gasteiger partial charge is 0.410 e. The minimum Gasteiger partial charge on any atom is -0.445 e. The summed E-state index contributed by atoms with van der Waals surface area (Å²) in [5.74, 6) is 0.253. The van der Waals surface area contributed by atoms with Crippen molar-refractivity contribution >= 4 is 12.0 Å². The molecule has 2 amide bonds. The number of likely N-dealkylation sites (tertiary alicyclic amines) is 2. The number of hydrogen-bond acceptors (Lipinski definition) is 4. The maximum Gasteiger partial charge on any atom is 0.410 e. The molecule has 2 aromatic rings. The van der Waals surface area contributed by atoms with E-state index in [2.05, 4.69) is 22.3 Å². The molecule has 2 saturated heterocycles. The van der Waals surface area contributed by atoms with Gasteiger partial charge in [0.15, 0.2) is 0 Å². The molecule has 6 nitrogen and oxygen atoms in total. The van der Waals surface area contributed by atoms with Crippen molar-refractivity contribution in [2.45, 2.75) is 19.6 Å². The lowest BCUT2D eigenvalue weighted by molar-refractivity contribution is -0.141. The van der Waals surface area contributed by atoms with E-state index < -0.39 is 5.41 Å². The van der Waals surface area contributed by atoms with E-state index in [-0.39, 0.29) is 24.5 Å². The summed E-state index contributed by atoms with van der Waals surface area (Å²) in [4.78, 5) is 29.8. The molecule has 6 heteroatoms. The van der Waals surface area contributed by atoms with Gasteiger partial charge in [0.05, 0.1) is 5.41 Å². The molecule has 30 heavy (non-hydrogen) atoms. The monoisotopic (exact) mass is 407 g/mol. The van der Waals surface area contributed by atoms with Gasteiger partial charge in [-0.1, -0.05) is 60.7 Å².